The normalized spacial score (nSPS) is 19.3. The molecule has 0 aliphatic carbocycles. The summed E-state index contributed by atoms with van der Waals surface area (Å²) < 4.78 is 37.6. The van der Waals surface area contributed by atoms with E-state index in [1.165, 1.54) is 16.0 Å². The van der Waals surface area contributed by atoms with Crippen LogP contribution in [-0.2, 0) is 6.54 Å². The van der Waals surface area contributed by atoms with Crippen LogP contribution in [0.5, 0.6) is 0 Å². The van der Waals surface area contributed by atoms with E-state index in [1.54, 1.807) is 0 Å². The maximum absolute atomic E-state index is 12.5. The minimum absolute atomic E-state index is 0.00743. The minimum atomic E-state index is -4.14. The summed E-state index contributed by atoms with van der Waals surface area (Å²) in [6, 6.07) is 8.15. The average Bonchev–Trinajstić information content (AvgIpc) is 2.94. The van der Waals surface area contributed by atoms with E-state index in [9.17, 15) is 13.2 Å². The SMILES string of the molecule is CCN=C(NC1CCN(CC(F)(F)F)C1)N(C)Cc1ccccc1C. The van der Waals surface area contributed by atoms with Gasteiger partial charge in [0, 0.05) is 39.3 Å². The molecule has 1 aliphatic rings. The van der Waals surface area contributed by atoms with Gasteiger partial charge in [0.05, 0.1) is 6.54 Å². The van der Waals surface area contributed by atoms with Crippen LogP contribution in [0.2, 0.25) is 0 Å². The molecule has 0 bridgehead atoms. The van der Waals surface area contributed by atoms with Gasteiger partial charge in [-0.05, 0) is 31.4 Å². The van der Waals surface area contributed by atoms with Crippen molar-refractivity contribution in [3.05, 3.63) is 35.4 Å². The van der Waals surface area contributed by atoms with Crippen molar-refractivity contribution in [2.24, 2.45) is 4.99 Å². The van der Waals surface area contributed by atoms with Crippen LogP contribution in [0.25, 0.3) is 0 Å². The largest absolute Gasteiger partial charge is 0.401 e. The van der Waals surface area contributed by atoms with E-state index in [4.69, 9.17) is 0 Å². The molecule has 25 heavy (non-hydrogen) atoms. The Bertz CT molecular complexity index is 586. The van der Waals surface area contributed by atoms with Crippen LogP contribution in [0, 0.1) is 6.92 Å². The van der Waals surface area contributed by atoms with Gasteiger partial charge in [-0.3, -0.25) is 9.89 Å². The lowest BCUT2D eigenvalue weighted by molar-refractivity contribution is -0.143. The molecule has 2 rings (SSSR count). The predicted molar refractivity (Wildman–Crippen MR) is 94.7 cm³/mol. The fourth-order valence-corrected chi connectivity index (χ4v) is 3.07. The first-order valence-corrected chi connectivity index (χ1v) is 8.64. The zero-order valence-electron chi connectivity index (χ0n) is 15.1. The van der Waals surface area contributed by atoms with Gasteiger partial charge in [0.2, 0.25) is 0 Å². The summed E-state index contributed by atoms with van der Waals surface area (Å²) in [6.07, 6.45) is -3.45. The number of rotatable bonds is 5. The molecule has 1 aromatic rings. The first kappa shape index (κ1) is 19.6. The van der Waals surface area contributed by atoms with Crippen LogP contribution in [0.15, 0.2) is 29.3 Å². The molecule has 0 saturated carbocycles. The number of halogens is 3. The Balaban J connectivity index is 1.95. The summed E-state index contributed by atoms with van der Waals surface area (Å²) in [4.78, 5) is 7.98. The van der Waals surface area contributed by atoms with E-state index < -0.39 is 12.7 Å². The van der Waals surface area contributed by atoms with E-state index in [2.05, 4.69) is 29.4 Å². The second kappa shape index (κ2) is 8.56. The summed E-state index contributed by atoms with van der Waals surface area (Å²) in [5, 5.41) is 3.34. The molecule has 4 nitrogen and oxygen atoms in total. The fourth-order valence-electron chi connectivity index (χ4n) is 3.07. The molecule has 1 heterocycles. The molecule has 0 amide bonds. The van der Waals surface area contributed by atoms with Crippen LogP contribution in [0.3, 0.4) is 0 Å². The maximum Gasteiger partial charge on any atom is 0.401 e. The van der Waals surface area contributed by atoms with Crippen molar-refractivity contribution in [2.45, 2.75) is 39.0 Å². The van der Waals surface area contributed by atoms with Crippen molar-refractivity contribution < 1.29 is 13.2 Å². The van der Waals surface area contributed by atoms with Gasteiger partial charge in [-0.25, -0.2) is 0 Å². The number of hydrogen-bond donors (Lipinski definition) is 1. The van der Waals surface area contributed by atoms with E-state index in [-0.39, 0.29) is 6.04 Å². The van der Waals surface area contributed by atoms with Gasteiger partial charge in [0.15, 0.2) is 5.96 Å². The lowest BCUT2D eigenvalue weighted by Gasteiger charge is -2.26. The van der Waals surface area contributed by atoms with Crippen LogP contribution in [0.1, 0.15) is 24.5 Å². The summed E-state index contributed by atoms with van der Waals surface area (Å²) in [6.45, 7) is 5.35. The fraction of sp³-hybridized carbons (Fsp3) is 0.611. The second-order valence-corrected chi connectivity index (χ2v) is 6.56. The number of hydrogen-bond acceptors (Lipinski definition) is 2. The average molecular weight is 356 g/mol. The van der Waals surface area contributed by atoms with Gasteiger partial charge in [-0.15, -0.1) is 0 Å². The van der Waals surface area contributed by atoms with Gasteiger partial charge < -0.3 is 10.2 Å². The summed E-state index contributed by atoms with van der Waals surface area (Å²) >= 11 is 0. The van der Waals surface area contributed by atoms with Gasteiger partial charge >= 0.3 is 6.18 Å². The first-order chi connectivity index (χ1) is 11.8. The Morgan fingerprint density at radius 2 is 2.08 bits per heavy atom. The summed E-state index contributed by atoms with van der Waals surface area (Å²) in [5.41, 5.74) is 2.42. The van der Waals surface area contributed by atoms with Gasteiger partial charge in [0.25, 0.3) is 0 Å². The Hall–Kier alpha value is -1.76. The monoisotopic (exact) mass is 356 g/mol. The topological polar surface area (TPSA) is 30.9 Å². The van der Waals surface area contributed by atoms with Crippen molar-refractivity contribution in [3.8, 4) is 0 Å². The Morgan fingerprint density at radius 3 is 2.72 bits per heavy atom. The molecule has 0 aromatic heterocycles. The standard InChI is InChI=1S/C18H27F3N4/c1-4-22-17(24(3)11-15-8-6-5-7-14(15)2)23-16-9-10-25(12-16)13-18(19,20)21/h5-8,16H,4,9-13H2,1-3H3,(H,22,23). The molecule has 1 saturated heterocycles. The first-order valence-electron chi connectivity index (χ1n) is 8.64. The zero-order valence-corrected chi connectivity index (χ0v) is 15.1. The number of alkyl halides is 3. The van der Waals surface area contributed by atoms with Gasteiger partial charge in [-0.1, -0.05) is 24.3 Å². The molecule has 0 radical (unpaired) electrons. The van der Waals surface area contributed by atoms with Gasteiger partial charge in [0.1, 0.15) is 0 Å². The maximum atomic E-state index is 12.5. The number of nitrogens with zero attached hydrogens (tertiary/aromatic N) is 3. The van der Waals surface area contributed by atoms with Crippen LogP contribution in [0.4, 0.5) is 13.2 Å². The highest BCUT2D eigenvalue weighted by Crippen LogP contribution is 2.20. The molecular formula is C18H27F3N4. The number of guanidine groups is 1. The Labute approximate surface area is 147 Å². The lowest BCUT2D eigenvalue weighted by atomic mass is 10.1. The Kier molecular flexibility index (Phi) is 6.70. The summed E-state index contributed by atoms with van der Waals surface area (Å²) in [5.74, 6) is 0.740. The number of aliphatic imine (C=N–C) groups is 1. The Morgan fingerprint density at radius 1 is 1.36 bits per heavy atom. The van der Waals surface area contributed by atoms with E-state index in [1.807, 2.05) is 31.0 Å². The molecule has 0 spiro atoms. The third-order valence-electron chi connectivity index (χ3n) is 4.35. The third-order valence-corrected chi connectivity index (χ3v) is 4.35. The smallest absolute Gasteiger partial charge is 0.352 e. The van der Waals surface area contributed by atoms with Crippen molar-refractivity contribution in [2.75, 3.05) is 33.2 Å². The van der Waals surface area contributed by atoms with Crippen molar-refractivity contribution >= 4 is 5.96 Å². The molecule has 140 valence electrons. The number of aryl methyl sites for hydroxylation is 1. The molecule has 1 aliphatic heterocycles. The highest BCUT2D eigenvalue weighted by molar-refractivity contribution is 5.80. The highest BCUT2D eigenvalue weighted by Gasteiger charge is 2.34. The highest BCUT2D eigenvalue weighted by atomic mass is 19.4. The molecular weight excluding hydrogens is 329 g/mol. The van der Waals surface area contributed by atoms with E-state index in [0.29, 0.717) is 32.6 Å². The number of nitrogens with one attached hydrogen (secondary N) is 1. The van der Waals surface area contributed by atoms with Crippen molar-refractivity contribution in [3.63, 3.8) is 0 Å². The lowest BCUT2D eigenvalue weighted by Crippen LogP contribution is -2.45. The zero-order chi connectivity index (χ0) is 18.4. The van der Waals surface area contributed by atoms with E-state index in [0.717, 1.165) is 5.96 Å². The molecule has 1 unspecified atom stereocenters. The second-order valence-electron chi connectivity index (χ2n) is 6.56. The predicted octanol–water partition coefficient (Wildman–Crippen LogP) is 3.03. The van der Waals surface area contributed by atoms with Crippen molar-refractivity contribution in [1.82, 2.24) is 15.1 Å². The third kappa shape index (κ3) is 6.23. The van der Waals surface area contributed by atoms with Gasteiger partial charge in [-0.2, -0.15) is 13.2 Å². The minimum Gasteiger partial charge on any atom is -0.352 e. The van der Waals surface area contributed by atoms with E-state index >= 15 is 0 Å². The molecule has 7 heteroatoms. The van der Waals surface area contributed by atoms with Crippen LogP contribution >= 0.6 is 0 Å². The molecule has 1 aromatic carbocycles. The number of likely N-dealkylation sites (tertiary alicyclic amines) is 1. The quantitative estimate of drug-likeness (QED) is 0.650. The van der Waals surface area contributed by atoms with Crippen molar-refractivity contribution in [1.29, 1.82) is 0 Å². The molecule has 1 N–H and O–H groups in total. The molecule has 1 fully saturated rings. The number of benzene rings is 1. The van der Waals surface area contributed by atoms with Crippen LogP contribution < -0.4 is 5.32 Å². The van der Waals surface area contributed by atoms with Crippen LogP contribution in [-0.4, -0.2) is 61.2 Å². The molecule has 1 atom stereocenters. The summed E-state index contributed by atoms with van der Waals surface area (Å²) in [7, 11) is 1.95.